The lowest BCUT2D eigenvalue weighted by Gasteiger charge is -2.37. The Labute approximate surface area is 249 Å². The van der Waals surface area contributed by atoms with E-state index < -0.39 is 35.7 Å². The summed E-state index contributed by atoms with van der Waals surface area (Å²) < 4.78 is 5.49. The van der Waals surface area contributed by atoms with E-state index in [9.17, 15) is 19.5 Å². The zero-order valence-electron chi connectivity index (χ0n) is 25.6. The molecule has 3 aromatic rings. The van der Waals surface area contributed by atoms with Gasteiger partial charge < -0.3 is 25.4 Å². The molecule has 0 aliphatic heterocycles. The topological polar surface area (TPSA) is 108 Å². The van der Waals surface area contributed by atoms with Gasteiger partial charge in [0.25, 0.3) is 5.91 Å². The van der Waals surface area contributed by atoms with E-state index in [2.05, 4.69) is 17.6 Å². The molecule has 0 fully saturated rings. The molecule has 3 amide bonds. The number of phenols is 1. The number of nitrogens with one attached hydrogen (secondary N) is 2. The molecule has 224 valence electrons. The number of ether oxygens (including phenoxy) is 1. The SMILES string of the molecule is CCc1ccc(C(C(=O)Nc2ccccc2C)N(C(=O)C(Cc2ccc(O)cc2)NC(=O)OC(C)(C)C)C(C)C)cc1. The van der Waals surface area contributed by atoms with E-state index in [1.54, 1.807) is 32.9 Å². The first kappa shape index (κ1) is 32.2. The van der Waals surface area contributed by atoms with Crippen LogP contribution in [0, 0.1) is 6.92 Å². The number of anilines is 1. The van der Waals surface area contributed by atoms with Gasteiger partial charge in [-0.1, -0.05) is 61.5 Å². The molecule has 0 aromatic heterocycles. The van der Waals surface area contributed by atoms with Crippen LogP contribution in [0.2, 0.25) is 0 Å². The molecular weight excluding hydrogens is 530 g/mol. The summed E-state index contributed by atoms with van der Waals surface area (Å²) in [4.78, 5) is 42.9. The molecule has 0 aliphatic carbocycles. The van der Waals surface area contributed by atoms with Crippen LogP contribution in [-0.2, 0) is 27.2 Å². The number of phenolic OH excluding ortho intramolecular Hbond substituents is 1. The molecule has 0 heterocycles. The van der Waals surface area contributed by atoms with Crippen molar-refractivity contribution in [3.8, 4) is 5.75 Å². The summed E-state index contributed by atoms with van der Waals surface area (Å²) in [7, 11) is 0. The molecule has 0 saturated heterocycles. The van der Waals surface area contributed by atoms with Gasteiger partial charge in [0, 0.05) is 18.2 Å². The summed E-state index contributed by atoms with van der Waals surface area (Å²) in [5.74, 6) is -0.710. The number of rotatable bonds is 10. The number of alkyl carbamates (subject to hydrolysis) is 1. The van der Waals surface area contributed by atoms with Crippen LogP contribution in [0.4, 0.5) is 10.5 Å². The third kappa shape index (κ3) is 8.83. The zero-order chi connectivity index (χ0) is 31.0. The van der Waals surface area contributed by atoms with E-state index in [0.717, 1.165) is 23.1 Å². The molecule has 3 rings (SSSR count). The maximum absolute atomic E-state index is 14.4. The van der Waals surface area contributed by atoms with Crippen molar-refractivity contribution in [1.82, 2.24) is 10.2 Å². The molecule has 0 aliphatic rings. The minimum absolute atomic E-state index is 0.0917. The molecule has 0 spiro atoms. The predicted molar refractivity (Wildman–Crippen MR) is 165 cm³/mol. The van der Waals surface area contributed by atoms with E-state index in [0.29, 0.717) is 11.3 Å². The van der Waals surface area contributed by atoms with Crippen LogP contribution in [0.15, 0.2) is 72.8 Å². The normalized spacial score (nSPS) is 12.8. The van der Waals surface area contributed by atoms with Crippen molar-refractivity contribution in [2.45, 2.75) is 85.0 Å². The van der Waals surface area contributed by atoms with Gasteiger partial charge in [-0.2, -0.15) is 0 Å². The molecule has 3 aromatic carbocycles. The average molecular weight is 574 g/mol. The fraction of sp³-hybridized carbons (Fsp3) is 0.382. The summed E-state index contributed by atoms with van der Waals surface area (Å²) >= 11 is 0. The van der Waals surface area contributed by atoms with E-state index in [-0.39, 0.29) is 18.1 Å². The highest BCUT2D eigenvalue weighted by Gasteiger charge is 2.38. The lowest BCUT2D eigenvalue weighted by atomic mass is 9.97. The first-order chi connectivity index (χ1) is 19.8. The maximum Gasteiger partial charge on any atom is 0.408 e. The highest BCUT2D eigenvalue weighted by molar-refractivity contribution is 5.99. The number of aromatic hydroxyl groups is 1. The number of carbonyl (C=O) groups is 3. The lowest BCUT2D eigenvalue weighted by molar-refractivity contribution is -0.142. The first-order valence-corrected chi connectivity index (χ1v) is 14.3. The molecule has 0 bridgehead atoms. The lowest BCUT2D eigenvalue weighted by Crippen LogP contribution is -2.55. The van der Waals surface area contributed by atoms with Crippen LogP contribution in [-0.4, -0.2) is 45.6 Å². The minimum atomic E-state index is -1.05. The van der Waals surface area contributed by atoms with Gasteiger partial charge in [-0.25, -0.2) is 4.79 Å². The monoisotopic (exact) mass is 573 g/mol. The summed E-state index contributed by atoms with van der Waals surface area (Å²) in [6, 6.07) is 19.1. The molecule has 2 unspecified atom stereocenters. The van der Waals surface area contributed by atoms with E-state index in [1.165, 1.54) is 17.0 Å². The summed E-state index contributed by atoms with van der Waals surface area (Å²) in [6.45, 7) is 12.9. The van der Waals surface area contributed by atoms with E-state index >= 15 is 0 Å². The van der Waals surface area contributed by atoms with Gasteiger partial charge in [0.05, 0.1) is 0 Å². The molecule has 3 N–H and O–H groups in total. The second-order valence-corrected chi connectivity index (χ2v) is 11.7. The van der Waals surface area contributed by atoms with Gasteiger partial charge >= 0.3 is 6.09 Å². The number of hydrogen-bond acceptors (Lipinski definition) is 5. The van der Waals surface area contributed by atoms with Gasteiger partial charge in [-0.05, 0) is 88.4 Å². The summed E-state index contributed by atoms with van der Waals surface area (Å²) in [5, 5.41) is 15.5. The van der Waals surface area contributed by atoms with E-state index in [4.69, 9.17) is 4.74 Å². The van der Waals surface area contributed by atoms with Crippen LogP contribution in [0.25, 0.3) is 0 Å². The fourth-order valence-corrected chi connectivity index (χ4v) is 4.67. The Morgan fingerprint density at radius 3 is 2.05 bits per heavy atom. The van der Waals surface area contributed by atoms with Gasteiger partial charge in [-0.3, -0.25) is 9.59 Å². The Morgan fingerprint density at radius 1 is 0.905 bits per heavy atom. The highest BCUT2D eigenvalue weighted by atomic mass is 16.6. The third-order valence-electron chi connectivity index (χ3n) is 6.81. The zero-order valence-corrected chi connectivity index (χ0v) is 25.6. The largest absolute Gasteiger partial charge is 0.508 e. The Balaban J connectivity index is 2.06. The smallest absolute Gasteiger partial charge is 0.408 e. The van der Waals surface area contributed by atoms with Gasteiger partial charge in [0.2, 0.25) is 5.91 Å². The van der Waals surface area contributed by atoms with Crippen molar-refractivity contribution in [3.63, 3.8) is 0 Å². The van der Waals surface area contributed by atoms with Gasteiger partial charge in [0.15, 0.2) is 0 Å². The summed E-state index contributed by atoms with van der Waals surface area (Å²) in [5.41, 5.74) is 3.26. The number of benzene rings is 3. The second kappa shape index (κ2) is 14.0. The number of para-hydroxylation sites is 1. The van der Waals surface area contributed by atoms with Crippen LogP contribution in [0.5, 0.6) is 5.75 Å². The number of carbonyl (C=O) groups excluding carboxylic acids is 3. The Hall–Kier alpha value is -4.33. The number of aryl methyl sites for hydroxylation is 2. The Bertz CT molecular complexity index is 1360. The molecule has 2 atom stereocenters. The number of hydrogen-bond donors (Lipinski definition) is 3. The van der Waals surface area contributed by atoms with Crippen molar-refractivity contribution < 1.29 is 24.2 Å². The van der Waals surface area contributed by atoms with Crippen LogP contribution in [0.1, 0.15) is 69.8 Å². The minimum Gasteiger partial charge on any atom is -0.508 e. The first-order valence-electron chi connectivity index (χ1n) is 14.3. The average Bonchev–Trinajstić information content (AvgIpc) is 2.92. The van der Waals surface area contributed by atoms with Crippen molar-refractivity contribution in [1.29, 1.82) is 0 Å². The molecule has 0 radical (unpaired) electrons. The van der Waals surface area contributed by atoms with Crippen LogP contribution < -0.4 is 10.6 Å². The molecular formula is C34H43N3O5. The van der Waals surface area contributed by atoms with Crippen molar-refractivity contribution >= 4 is 23.6 Å². The Morgan fingerprint density at radius 2 is 1.50 bits per heavy atom. The fourth-order valence-electron chi connectivity index (χ4n) is 4.67. The molecule has 42 heavy (non-hydrogen) atoms. The number of amides is 3. The third-order valence-corrected chi connectivity index (χ3v) is 6.81. The quantitative estimate of drug-likeness (QED) is 0.263. The van der Waals surface area contributed by atoms with Crippen molar-refractivity contribution in [2.24, 2.45) is 0 Å². The molecule has 0 saturated carbocycles. The Kier molecular flexibility index (Phi) is 10.8. The van der Waals surface area contributed by atoms with Gasteiger partial charge in [-0.15, -0.1) is 0 Å². The van der Waals surface area contributed by atoms with Crippen molar-refractivity contribution in [3.05, 3.63) is 95.1 Å². The second-order valence-electron chi connectivity index (χ2n) is 11.7. The van der Waals surface area contributed by atoms with Crippen LogP contribution >= 0.6 is 0 Å². The highest BCUT2D eigenvalue weighted by Crippen LogP contribution is 2.28. The molecule has 8 nitrogen and oxygen atoms in total. The molecule has 8 heteroatoms. The maximum atomic E-state index is 14.4. The van der Waals surface area contributed by atoms with Crippen molar-refractivity contribution in [2.75, 3.05) is 5.32 Å². The summed E-state index contributed by atoms with van der Waals surface area (Å²) in [6.07, 6.45) is 0.223. The standard InChI is InChI=1S/C34H43N3O5/c1-8-24-13-17-26(18-14-24)30(31(39)35-28-12-10-9-11-23(28)4)37(22(2)3)32(40)29(36-33(41)42-34(5,6)7)21-25-15-19-27(38)20-16-25/h9-20,22,29-30,38H,8,21H2,1-7H3,(H,35,39)(H,36,41). The van der Waals surface area contributed by atoms with E-state index in [1.807, 2.05) is 69.3 Å². The van der Waals surface area contributed by atoms with Gasteiger partial charge in [0.1, 0.15) is 23.4 Å². The van der Waals surface area contributed by atoms with Crippen LogP contribution in [0.3, 0.4) is 0 Å². The number of nitrogens with zero attached hydrogens (tertiary/aromatic N) is 1. The predicted octanol–water partition coefficient (Wildman–Crippen LogP) is 6.32.